The van der Waals surface area contributed by atoms with Gasteiger partial charge in [0.25, 0.3) is 0 Å². The Morgan fingerprint density at radius 3 is 2.79 bits per heavy atom. The molecule has 1 aliphatic rings. The van der Waals surface area contributed by atoms with Gasteiger partial charge in [0, 0.05) is 38.1 Å². The third-order valence-corrected chi connectivity index (χ3v) is 3.42. The Labute approximate surface area is 113 Å². The van der Waals surface area contributed by atoms with Crippen molar-refractivity contribution in [3.05, 3.63) is 29.6 Å². The predicted molar refractivity (Wildman–Crippen MR) is 72.6 cm³/mol. The topological polar surface area (TPSA) is 56.7 Å². The Morgan fingerprint density at radius 2 is 2.21 bits per heavy atom. The van der Waals surface area contributed by atoms with Gasteiger partial charge in [-0.1, -0.05) is 13.0 Å². The van der Waals surface area contributed by atoms with Crippen LogP contribution in [0.1, 0.15) is 18.2 Å². The minimum absolute atomic E-state index is 0.0359. The van der Waals surface area contributed by atoms with Crippen LogP contribution < -0.4 is 0 Å². The Morgan fingerprint density at radius 1 is 1.37 bits per heavy atom. The van der Waals surface area contributed by atoms with Crippen LogP contribution in [-0.4, -0.2) is 58.6 Å². The average molecular weight is 263 g/mol. The molecule has 0 aliphatic carbocycles. The average Bonchev–Trinajstić information content (AvgIpc) is 2.43. The van der Waals surface area contributed by atoms with Gasteiger partial charge in [-0.2, -0.15) is 0 Å². The van der Waals surface area contributed by atoms with Crippen LogP contribution in [0, 0.1) is 0 Å². The number of rotatable bonds is 5. The Balaban J connectivity index is 1.88. The Hall–Kier alpha value is -1.46. The standard InChI is InChI=1S/C14H21N3O2/c1-2-13-4-3-12(9-15-13)10-16-5-6-17(7-8-18)14(19)11-16/h3-4,9,18H,2,5-8,10-11H2,1H3. The molecular formula is C14H21N3O2. The van der Waals surface area contributed by atoms with E-state index in [0.29, 0.717) is 19.6 Å². The molecular weight excluding hydrogens is 242 g/mol. The lowest BCUT2D eigenvalue weighted by atomic mass is 10.2. The highest BCUT2D eigenvalue weighted by Gasteiger charge is 2.23. The van der Waals surface area contributed by atoms with E-state index in [2.05, 4.69) is 22.9 Å². The first kappa shape index (κ1) is 14.0. The van der Waals surface area contributed by atoms with E-state index in [0.717, 1.165) is 30.8 Å². The number of aliphatic hydroxyl groups excluding tert-OH is 1. The van der Waals surface area contributed by atoms with Gasteiger partial charge < -0.3 is 10.0 Å². The van der Waals surface area contributed by atoms with Gasteiger partial charge in [0.05, 0.1) is 13.2 Å². The zero-order chi connectivity index (χ0) is 13.7. The lowest BCUT2D eigenvalue weighted by molar-refractivity contribution is -0.136. The number of hydrogen-bond acceptors (Lipinski definition) is 4. The Kier molecular flexibility index (Phi) is 4.87. The molecule has 1 amide bonds. The van der Waals surface area contributed by atoms with Crippen molar-refractivity contribution in [1.82, 2.24) is 14.8 Å². The molecule has 1 aromatic rings. The third-order valence-electron chi connectivity index (χ3n) is 3.42. The summed E-state index contributed by atoms with van der Waals surface area (Å²) in [7, 11) is 0. The molecule has 1 N–H and O–H groups in total. The fraction of sp³-hybridized carbons (Fsp3) is 0.571. The lowest BCUT2D eigenvalue weighted by Crippen LogP contribution is -2.50. The number of amides is 1. The molecule has 19 heavy (non-hydrogen) atoms. The van der Waals surface area contributed by atoms with Gasteiger partial charge in [-0.05, 0) is 18.1 Å². The lowest BCUT2D eigenvalue weighted by Gasteiger charge is -2.33. The molecule has 0 atom stereocenters. The van der Waals surface area contributed by atoms with E-state index in [4.69, 9.17) is 5.11 Å². The number of aryl methyl sites for hydroxylation is 1. The summed E-state index contributed by atoms with van der Waals surface area (Å²) < 4.78 is 0. The van der Waals surface area contributed by atoms with Gasteiger partial charge in [0.15, 0.2) is 0 Å². The van der Waals surface area contributed by atoms with Crippen LogP contribution in [0.15, 0.2) is 18.3 Å². The minimum atomic E-state index is 0.0359. The molecule has 2 heterocycles. The van der Waals surface area contributed by atoms with Crippen molar-refractivity contribution in [3.8, 4) is 0 Å². The van der Waals surface area contributed by atoms with E-state index in [9.17, 15) is 4.79 Å². The molecule has 5 nitrogen and oxygen atoms in total. The summed E-state index contributed by atoms with van der Waals surface area (Å²) in [5.74, 6) is 0.0958. The van der Waals surface area contributed by atoms with Crippen molar-refractivity contribution in [3.63, 3.8) is 0 Å². The largest absolute Gasteiger partial charge is 0.395 e. The fourth-order valence-electron chi connectivity index (χ4n) is 2.27. The van der Waals surface area contributed by atoms with Crippen LogP contribution in [0.25, 0.3) is 0 Å². The first-order valence-electron chi connectivity index (χ1n) is 6.77. The van der Waals surface area contributed by atoms with Crippen molar-refractivity contribution in [2.75, 3.05) is 32.8 Å². The summed E-state index contributed by atoms with van der Waals surface area (Å²) in [6, 6.07) is 4.12. The van der Waals surface area contributed by atoms with E-state index in [1.165, 1.54) is 0 Å². The first-order chi connectivity index (χ1) is 9.22. The summed E-state index contributed by atoms with van der Waals surface area (Å²) in [5.41, 5.74) is 2.23. The number of carbonyl (C=O) groups is 1. The predicted octanol–water partition coefficient (Wildman–Crippen LogP) is 0.280. The molecule has 5 heteroatoms. The highest BCUT2D eigenvalue weighted by atomic mass is 16.3. The second-order valence-corrected chi connectivity index (χ2v) is 4.83. The van der Waals surface area contributed by atoms with Gasteiger partial charge in [0.1, 0.15) is 0 Å². The fourth-order valence-corrected chi connectivity index (χ4v) is 2.27. The number of hydrogen-bond donors (Lipinski definition) is 1. The van der Waals surface area contributed by atoms with E-state index in [1.54, 1.807) is 4.90 Å². The maximum atomic E-state index is 11.8. The number of pyridine rings is 1. The molecule has 1 fully saturated rings. The summed E-state index contributed by atoms with van der Waals surface area (Å²) in [4.78, 5) is 20.1. The SMILES string of the molecule is CCc1ccc(CN2CCN(CCO)C(=O)C2)cn1. The minimum Gasteiger partial charge on any atom is -0.395 e. The van der Waals surface area contributed by atoms with Gasteiger partial charge in [-0.25, -0.2) is 0 Å². The zero-order valence-corrected chi connectivity index (χ0v) is 11.4. The normalized spacial score (nSPS) is 16.9. The van der Waals surface area contributed by atoms with Gasteiger partial charge in [-0.15, -0.1) is 0 Å². The van der Waals surface area contributed by atoms with Crippen molar-refractivity contribution < 1.29 is 9.90 Å². The van der Waals surface area contributed by atoms with E-state index < -0.39 is 0 Å². The summed E-state index contributed by atoms with van der Waals surface area (Å²) in [6.07, 6.45) is 2.84. The van der Waals surface area contributed by atoms with Gasteiger partial charge >= 0.3 is 0 Å². The van der Waals surface area contributed by atoms with Crippen molar-refractivity contribution in [2.45, 2.75) is 19.9 Å². The summed E-state index contributed by atoms with van der Waals surface area (Å²) >= 11 is 0. The number of aromatic nitrogens is 1. The highest BCUT2D eigenvalue weighted by molar-refractivity contribution is 5.79. The van der Waals surface area contributed by atoms with Crippen molar-refractivity contribution in [1.29, 1.82) is 0 Å². The zero-order valence-electron chi connectivity index (χ0n) is 11.4. The Bertz CT molecular complexity index is 419. The molecule has 104 valence electrons. The number of aliphatic hydroxyl groups is 1. The van der Waals surface area contributed by atoms with E-state index >= 15 is 0 Å². The number of carbonyl (C=O) groups excluding carboxylic acids is 1. The number of β-amino-alcohol motifs (C(OH)–C–C–N with tert-alkyl or cyclic N) is 1. The molecule has 2 rings (SSSR count). The van der Waals surface area contributed by atoms with Crippen molar-refractivity contribution in [2.24, 2.45) is 0 Å². The van der Waals surface area contributed by atoms with Crippen LogP contribution in [-0.2, 0) is 17.8 Å². The van der Waals surface area contributed by atoms with Crippen LogP contribution in [0.5, 0.6) is 0 Å². The summed E-state index contributed by atoms with van der Waals surface area (Å²) in [5, 5.41) is 8.87. The molecule has 1 saturated heterocycles. The summed E-state index contributed by atoms with van der Waals surface area (Å²) in [6.45, 7) is 5.29. The smallest absolute Gasteiger partial charge is 0.236 e. The molecule has 0 aromatic carbocycles. The van der Waals surface area contributed by atoms with Gasteiger partial charge in [-0.3, -0.25) is 14.7 Å². The third kappa shape index (κ3) is 3.75. The second kappa shape index (κ2) is 6.63. The molecule has 0 radical (unpaired) electrons. The molecule has 0 unspecified atom stereocenters. The monoisotopic (exact) mass is 263 g/mol. The van der Waals surface area contributed by atoms with Gasteiger partial charge in [0.2, 0.25) is 5.91 Å². The number of nitrogens with zero attached hydrogens (tertiary/aromatic N) is 3. The molecule has 1 aromatic heterocycles. The highest BCUT2D eigenvalue weighted by Crippen LogP contribution is 2.09. The van der Waals surface area contributed by atoms with E-state index in [1.807, 2.05) is 12.3 Å². The van der Waals surface area contributed by atoms with Crippen LogP contribution in [0.2, 0.25) is 0 Å². The number of piperazine rings is 1. The molecule has 0 bridgehead atoms. The first-order valence-corrected chi connectivity index (χ1v) is 6.77. The van der Waals surface area contributed by atoms with Crippen LogP contribution in [0.3, 0.4) is 0 Å². The van der Waals surface area contributed by atoms with Crippen LogP contribution >= 0.6 is 0 Å². The van der Waals surface area contributed by atoms with Crippen LogP contribution in [0.4, 0.5) is 0 Å². The maximum Gasteiger partial charge on any atom is 0.236 e. The van der Waals surface area contributed by atoms with E-state index in [-0.39, 0.29) is 12.5 Å². The maximum absolute atomic E-state index is 11.8. The molecule has 0 spiro atoms. The quantitative estimate of drug-likeness (QED) is 0.829. The second-order valence-electron chi connectivity index (χ2n) is 4.83. The van der Waals surface area contributed by atoms with Crippen molar-refractivity contribution >= 4 is 5.91 Å². The molecule has 1 aliphatic heterocycles. The molecule has 0 saturated carbocycles.